The maximum absolute atomic E-state index is 12.8. The molecule has 0 saturated heterocycles. The number of halogens is 1. The molecule has 5 nitrogen and oxygen atoms in total. The van der Waals surface area contributed by atoms with E-state index in [1.54, 1.807) is 48.5 Å². The van der Waals surface area contributed by atoms with Crippen LogP contribution < -0.4 is 10.2 Å². The number of carbonyl (C=O) groups is 2. The van der Waals surface area contributed by atoms with Gasteiger partial charge in [-0.15, -0.1) is 0 Å². The number of amides is 1. The van der Waals surface area contributed by atoms with Gasteiger partial charge in [-0.2, -0.15) is 5.10 Å². The summed E-state index contributed by atoms with van der Waals surface area (Å²) in [7, 11) is 0. The molecular formula is C21H15FN2O3. The molecule has 27 heavy (non-hydrogen) atoms. The van der Waals surface area contributed by atoms with E-state index < -0.39 is 17.7 Å². The van der Waals surface area contributed by atoms with Crippen LogP contribution in [0, 0.1) is 5.82 Å². The van der Waals surface area contributed by atoms with Crippen LogP contribution in [0.1, 0.15) is 26.3 Å². The van der Waals surface area contributed by atoms with Crippen molar-refractivity contribution in [2.24, 2.45) is 5.10 Å². The van der Waals surface area contributed by atoms with Gasteiger partial charge in [-0.05, 0) is 66.2 Å². The molecule has 3 aromatic carbocycles. The number of benzene rings is 3. The predicted octanol–water partition coefficient (Wildman–Crippen LogP) is 3.81. The Morgan fingerprint density at radius 3 is 2.19 bits per heavy atom. The third-order valence-corrected chi connectivity index (χ3v) is 3.59. The quantitative estimate of drug-likeness (QED) is 0.325. The number of hydrogen-bond acceptors (Lipinski definition) is 4. The van der Waals surface area contributed by atoms with Gasteiger partial charge in [-0.3, -0.25) is 4.79 Å². The molecule has 0 atom stereocenters. The summed E-state index contributed by atoms with van der Waals surface area (Å²) in [6.07, 6.45) is 1.45. The number of carbonyl (C=O) groups excluding carboxylic acids is 2. The van der Waals surface area contributed by atoms with Crippen molar-refractivity contribution in [1.29, 1.82) is 0 Å². The molecule has 0 spiro atoms. The van der Waals surface area contributed by atoms with Crippen molar-refractivity contribution in [1.82, 2.24) is 5.43 Å². The first-order valence-corrected chi connectivity index (χ1v) is 8.08. The molecule has 0 fully saturated rings. The van der Waals surface area contributed by atoms with Gasteiger partial charge in [0.05, 0.1) is 11.8 Å². The van der Waals surface area contributed by atoms with Crippen LogP contribution in [0.3, 0.4) is 0 Å². The molecular weight excluding hydrogens is 347 g/mol. The van der Waals surface area contributed by atoms with E-state index in [9.17, 15) is 14.0 Å². The molecule has 3 aromatic rings. The summed E-state index contributed by atoms with van der Waals surface area (Å²) in [5, 5.41) is 3.85. The average Bonchev–Trinajstić information content (AvgIpc) is 2.70. The summed E-state index contributed by atoms with van der Waals surface area (Å²) in [6.45, 7) is 0. The van der Waals surface area contributed by atoms with E-state index in [0.29, 0.717) is 22.4 Å². The summed E-state index contributed by atoms with van der Waals surface area (Å²) in [4.78, 5) is 23.8. The first-order valence-electron chi connectivity index (χ1n) is 8.08. The smallest absolute Gasteiger partial charge is 0.343 e. The Hall–Kier alpha value is -3.80. The number of nitrogens with zero attached hydrogens (tertiary/aromatic N) is 1. The number of hydrazone groups is 1. The number of hydrogen-bond donors (Lipinski definition) is 1. The maximum atomic E-state index is 12.8. The summed E-state index contributed by atoms with van der Waals surface area (Å²) in [5.41, 5.74) is 3.83. The second kappa shape index (κ2) is 8.53. The van der Waals surface area contributed by atoms with Crippen molar-refractivity contribution in [3.8, 4) is 5.75 Å². The lowest BCUT2D eigenvalue weighted by atomic mass is 10.2. The molecule has 0 aliphatic heterocycles. The molecule has 0 unspecified atom stereocenters. The SMILES string of the molecule is O=C(N/N=C\c1ccc(OC(=O)c2ccccc2)cc1)c1ccc(F)cc1. The minimum absolute atomic E-state index is 0.303. The zero-order valence-corrected chi connectivity index (χ0v) is 14.1. The first kappa shape index (κ1) is 18.0. The Morgan fingerprint density at radius 1 is 0.852 bits per heavy atom. The van der Waals surface area contributed by atoms with Crippen LogP contribution >= 0.6 is 0 Å². The second-order valence-electron chi connectivity index (χ2n) is 5.53. The highest BCUT2D eigenvalue weighted by Gasteiger charge is 2.07. The lowest BCUT2D eigenvalue weighted by Gasteiger charge is -2.04. The Morgan fingerprint density at radius 2 is 1.52 bits per heavy atom. The highest BCUT2D eigenvalue weighted by Crippen LogP contribution is 2.13. The lowest BCUT2D eigenvalue weighted by Crippen LogP contribution is -2.17. The van der Waals surface area contributed by atoms with Crippen LogP contribution in [0.15, 0.2) is 84.0 Å². The molecule has 0 heterocycles. The van der Waals surface area contributed by atoms with Crippen molar-refractivity contribution < 1.29 is 18.7 Å². The minimum Gasteiger partial charge on any atom is -0.423 e. The fourth-order valence-corrected chi connectivity index (χ4v) is 2.19. The first-order chi connectivity index (χ1) is 13.1. The van der Waals surface area contributed by atoms with Crippen molar-refractivity contribution in [2.45, 2.75) is 0 Å². The molecule has 0 aliphatic carbocycles. The van der Waals surface area contributed by atoms with Crippen molar-refractivity contribution in [3.63, 3.8) is 0 Å². The molecule has 6 heteroatoms. The number of nitrogens with one attached hydrogen (secondary N) is 1. The van der Waals surface area contributed by atoms with E-state index in [4.69, 9.17) is 4.74 Å². The maximum Gasteiger partial charge on any atom is 0.343 e. The molecule has 0 aliphatic rings. The molecule has 1 N–H and O–H groups in total. The monoisotopic (exact) mass is 362 g/mol. The molecule has 0 bridgehead atoms. The average molecular weight is 362 g/mol. The lowest BCUT2D eigenvalue weighted by molar-refractivity contribution is 0.0734. The van der Waals surface area contributed by atoms with E-state index >= 15 is 0 Å². The third kappa shape index (κ3) is 5.09. The van der Waals surface area contributed by atoms with Crippen LogP contribution in [0.2, 0.25) is 0 Å². The summed E-state index contributed by atoms with van der Waals surface area (Å²) in [6, 6.07) is 20.5. The Bertz CT molecular complexity index is 953. The van der Waals surface area contributed by atoms with Crippen LogP contribution in [0.5, 0.6) is 5.75 Å². The van der Waals surface area contributed by atoms with E-state index in [-0.39, 0.29) is 0 Å². The van der Waals surface area contributed by atoms with E-state index in [2.05, 4.69) is 10.5 Å². The minimum atomic E-state index is -0.445. The van der Waals surface area contributed by atoms with E-state index in [0.717, 1.165) is 0 Å². The molecule has 0 aromatic heterocycles. The predicted molar refractivity (Wildman–Crippen MR) is 99.3 cm³/mol. The number of esters is 1. The third-order valence-electron chi connectivity index (χ3n) is 3.59. The largest absolute Gasteiger partial charge is 0.423 e. The summed E-state index contributed by atoms with van der Waals surface area (Å²) in [5.74, 6) is -0.900. The second-order valence-corrected chi connectivity index (χ2v) is 5.53. The summed E-state index contributed by atoms with van der Waals surface area (Å²) >= 11 is 0. The molecule has 0 saturated carbocycles. The van der Waals surface area contributed by atoms with Crippen LogP contribution in [0.25, 0.3) is 0 Å². The van der Waals surface area contributed by atoms with Gasteiger partial charge in [0.15, 0.2) is 0 Å². The van der Waals surface area contributed by atoms with Gasteiger partial charge in [0.1, 0.15) is 11.6 Å². The van der Waals surface area contributed by atoms with Crippen molar-refractivity contribution in [2.75, 3.05) is 0 Å². The Kier molecular flexibility index (Phi) is 5.69. The van der Waals surface area contributed by atoms with Gasteiger partial charge in [-0.25, -0.2) is 14.6 Å². The van der Waals surface area contributed by atoms with Gasteiger partial charge in [0.25, 0.3) is 5.91 Å². The molecule has 1 amide bonds. The van der Waals surface area contributed by atoms with Crippen molar-refractivity contribution >= 4 is 18.1 Å². The van der Waals surface area contributed by atoms with Crippen LogP contribution in [-0.4, -0.2) is 18.1 Å². The van der Waals surface area contributed by atoms with Gasteiger partial charge in [0, 0.05) is 5.56 Å². The zero-order valence-electron chi connectivity index (χ0n) is 14.1. The topological polar surface area (TPSA) is 67.8 Å². The van der Waals surface area contributed by atoms with Gasteiger partial charge in [0.2, 0.25) is 0 Å². The Labute approximate surface area is 155 Å². The highest BCUT2D eigenvalue weighted by molar-refractivity contribution is 5.95. The Balaban J connectivity index is 1.55. The normalized spacial score (nSPS) is 10.6. The molecule has 0 radical (unpaired) electrons. The highest BCUT2D eigenvalue weighted by atomic mass is 19.1. The van der Waals surface area contributed by atoms with Crippen LogP contribution in [0.4, 0.5) is 4.39 Å². The number of ether oxygens (including phenoxy) is 1. The number of rotatable bonds is 5. The fraction of sp³-hybridized carbons (Fsp3) is 0. The fourth-order valence-electron chi connectivity index (χ4n) is 2.19. The molecule has 3 rings (SSSR count). The van der Waals surface area contributed by atoms with Gasteiger partial charge < -0.3 is 4.74 Å². The van der Waals surface area contributed by atoms with E-state index in [1.165, 1.54) is 30.5 Å². The van der Waals surface area contributed by atoms with E-state index in [1.807, 2.05) is 6.07 Å². The van der Waals surface area contributed by atoms with Crippen molar-refractivity contribution in [3.05, 3.63) is 101 Å². The summed E-state index contributed by atoms with van der Waals surface area (Å²) < 4.78 is 18.1. The standard InChI is InChI=1S/C21H15FN2O3/c22-18-10-8-16(9-11-18)20(25)24-23-14-15-6-12-19(13-7-15)27-21(26)17-4-2-1-3-5-17/h1-14H,(H,24,25)/b23-14-. The van der Waals surface area contributed by atoms with Gasteiger partial charge in [-0.1, -0.05) is 18.2 Å². The zero-order chi connectivity index (χ0) is 19.1. The molecule has 134 valence electrons. The van der Waals surface area contributed by atoms with Gasteiger partial charge >= 0.3 is 5.97 Å². The van der Waals surface area contributed by atoms with Crippen LogP contribution in [-0.2, 0) is 0 Å².